The molecule has 4 nitrogen and oxygen atoms in total. The highest BCUT2D eigenvalue weighted by Gasteiger charge is 2.43. The van der Waals surface area contributed by atoms with Gasteiger partial charge in [0.15, 0.2) is 12.6 Å². The van der Waals surface area contributed by atoms with Crippen molar-refractivity contribution in [2.45, 2.75) is 95.7 Å². The summed E-state index contributed by atoms with van der Waals surface area (Å²) in [5.74, 6) is 0.699. The zero-order valence-electron chi connectivity index (χ0n) is 15.3. The average molecular weight is 356 g/mol. The topological polar surface area (TPSA) is 47.9 Å². The van der Waals surface area contributed by atoms with Crippen LogP contribution in [0.1, 0.15) is 64.7 Å². The molecule has 1 aliphatic carbocycles. The number of allylic oxidation sites excluding steroid dienone is 1. The van der Waals surface area contributed by atoms with Crippen molar-refractivity contribution in [1.82, 2.24) is 0 Å². The summed E-state index contributed by atoms with van der Waals surface area (Å²) < 4.78 is 31.9. The number of hydrogen-bond acceptors (Lipinski definition) is 4. The monoisotopic (exact) mass is 356 g/mol. The maximum Gasteiger partial charge on any atom is 0.158 e. The molecule has 0 aromatic rings. The van der Waals surface area contributed by atoms with Crippen molar-refractivity contribution in [3.05, 3.63) is 12.2 Å². The van der Waals surface area contributed by atoms with Gasteiger partial charge >= 0.3 is 0 Å². The number of aliphatic hydroxyl groups excluding tert-OH is 1. The van der Waals surface area contributed by atoms with Crippen molar-refractivity contribution in [1.29, 1.82) is 0 Å². The summed E-state index contributed by atoms with van der Waals surface area (Å²) in [6.45, 7) is 2.78. The Kier molecular flexibility index (Phi) is 7.28. The zero-order valence-corrected chi connectivity index (χ0v) is 15.3. The number of rotatable bonds is 8. The van der Waals surface area contributed by atoms with Crippen LogP contribution in [-0.4, -0.2) is 42.7 Å². The Morgan fingerprint density at radius 1 is 1.28 bits per heavy atom. The lowest BCUT2D eigenvalue weighted by Gasteiger charge is -2.28. The predicted octanol–water partition coefficient (Wildman–Crippen LogP) is 4.12. The van der Waals surface area contributed by atoms with Crippen molar-refractivity contribution in [2.75, 3.05) is 6.61 Å². The molecular weight excluding hydrogens is 323 g/mol. The number of ether oxygens (including phenoxy) is 3. The number of fused-ring (bicyclic) bond motifs is 1. The van der Waals surface area contributed by atoms with E-state index in [0.29, 0.717) is 31.3 Å². The van der Waals surface area contributed by atoms with Crippen LogP contribution in [0.2, 0.25) is 0 Å². The van der Waals surface area contributed by atoms with Crippen LogP contribution < -0.4 is 0 Å². The molecule has 3 aliphatic rings. The molecule has 0 aromatic heterocycles. The number of aliphatic hydroxyl groups is 1. The van der Waals surface area contributed by atoms with E-state index < -0.39 is 18.6 Å². The Morgan fingerprint density at radius 2 is 2.16 bits per heavy atom. The molecule has 2 aliphatic heterocycles. The van der Waals surface area contributed by atoms with E-state index in [-0.39, 0.29) is 12.4 Å². The van der Waals surface area contributed by atoms with E-state index in [1.165, 1.54) is 0 Å². The van der Waals surface area contributed by atoms with E-state index >= 15 is 0 Å². The van der Waals surface area contributed by atoms with Gasteiger partial charge < -0.3 is 19.3 Å². The van der Waals surface area contributed by atoms with Crippen molar-refractivity contribution in [3.8, 4) is 0 Å². The second-order valence-electron chi connectivity index (χ2n) is 7.71. The standard InChI is InChI=1S/C20H33FO4/c1-2-3-6-16(21)18(25-20-7-4-5-12-23-20)11-9-14-8-10-17-15(14)13-19(22)24-17/h9,11,14-20,22H,2-8,10,12-13H2,1H3/b11-9+. The second kappa shape index (κ2) is 9.45. The van der Waals surface area contributed by atoms with E-state index in [1.54, 1.807) is 0 Å². The number of hydrogen-bond donors (Lipinski definition) is 1. The number of alkyl halides is 1. The molecule has 3 rings (SSSR count). The van der Waals surface area contributed by atoms with Crippen LogP contribution in [-0.2, 0) is 14.2 Å². The fourth-order valence-corrected chi connectivity index (χ4v) is 4.35. The number of halogens is 1. The maximum absolute atomic E-state index is 14.7. The van der Waals surface area contributed by atoms with Crippen LogP contribution in [0.3, 0.4) is 0 Å². The first-order valence-corrected chi connectivity index (χ1v) is 10.1. The quantitative estimate of drug-likeness (QED) is 0.665. The van der Waals surface area contributed by atoms with Crippen molar-refractivity contribution < 1.29 is 23.7 Å². The summed E-state index contributed by atoms with van der Waals surface area (Å²) in [6, 6.07) is 0. The molecule has 1 saturated carbocycles. The van der Waals surface area contributed by atoms with Crippen LogP contribution >= 0.6 is 0 Å². The lowest BCUT2D eigenvalue weighted by Crippen LogP contribution is -2.32. The molecule has 0 spiro atoms. The van der Waals surface area contributed by atoms with Gasteiger partial charge in [0, 0.05) is 13.0 Å². The fraction of sp³-hybridized carbons (Fsp3) is 0.900. The van der Waals surface area contributed by atoms with Crippen LogP contribution in [0.15, 0.2) is 12.2 Å². The second-order valence-corrected chi connectivity index (χ2v) is 7.71. The summed E-state index contributed by atoms with van der Waals surface area (Å²) in [5.41, 5.74) is 0. The highest BCUT2D eigenvalue weighted by atomic mass is 19.1. The van der Waals surface area contributed by atoms with Gasteiger partial charge in [-0.25, -0.2) is 4.39 Å². The fourth-order valence-electron chi connectivity index (χ4n) is 4.35. The summed E-state index contributed by atoms with van der Waals surface area (Å²) in [5, 5.41) is 9.68. The molecule has 0 aromatic carbocycles. The number of unbranched alkanes of at least 4 members (excludes halogenated alkanes) is 1. The lowest BCUT2D eigenvalue weighted by atomic mass is 9.92. The third kappa shape index (κ3) is 5.25. The minimum absolute atomic E-state index is 0.159. The van der Waals surface area contributed by atoms with Crippen molar-refractivity contribution >= 4 is 0 Å². The van der Waals surface area contributed by atoms with E-state index in [9.17, 15) is 9.50 Å². The molecule has 3 fully saturated rings. The molecule has 0 amide bonds. The van der Waals surface area contributed by atoms with Crippen molar-refractivity contribution in [2.24, 2.45) is 11.8 Å². The zero-order chi connectivity index (χ0) is 17.6. The smallest absolute Gasteiger partial charge is 0.158 e. The molecule has 7 atom stereocenters. The summed E-state index contributed by atoms with van der Waals surface area (Å²) in [4.78, 5) is 0. The molecule has 25 heavy (non-hydrogen) atoms. The van der Waals surface area contributed by atoms with Gasteiger partial charge in [-0.3, -0.25) is 0 Å². The van der Waals surface area contributed by atoms with Gasteiger partial charge in [-0.1, -0.05) is 31.9 Å². The van der Waals surface area contributed by atoms with Crippen molar-refractivity contribution in [3.63, 3.8) is 0 Å². The van der Waals surface area contributed by atoms with E-state index in [2.05, 4.69) is 13.0 Å². The lowest BCUT2D eigenvalue weighted by molar-refractivity contribution is -0.189. The Morgan fingerprint density at radius 3 is 2.92 bits per heavy atom. The highest BCUT2D eigenvalue weighted by molar-refractivity contribution is 5.04. The third-order valence-electron chi connectivity index (χ3n) is 5.80. The Labute approximate surface area is 150 Å². The highest BCUT2D eigenvalue weighted by Crippen LogP contribution is 2.43. The normalized spacial score (nSPS) is 38.1. The Bertz CT molecular complexity index is 424. The van der Waals surface area contributed by atoms with Gasteiger partial charge in [-0.15, -0.1) is 0 Å². The molecular formula is C20H33FO4. The van der Waals surface area contributed by atoms with Gasteiger partial charge in [0.25, 0.3) is 0 Å². The summed E-state index contributed by atoms with van der Waals surface area (Å²) in [7, 11) is 0. The molecule has 7 unspecified atom stereocenters. The first-order valence-electron chi connectivity index (χ1n) is 10.1. The van der Waals surface area contributed by atoms with Gasteiger partial charge in [-0.2, -0.15) is 0 Å². The Balaban J connectivity index is 1.59. The van der Waals surface area contributed by atoms with Crippen LogP contribution in [0.4, 0.5) is 4.39 Å². The van der Waals surface area contributed by atoms with Gasteiger partial charge in [0.05, 0.1) is 6.10 Å². The van der Waals surface area contributed by atoms with E-state index in [1.807, 2.05) is 6.08 Å². The molecule has 5 heteroatoms. The van der Waals surface area contributed by atoms with Crippen LogP contribution in [0, 0.1) is 11.8 Å². The third-order valence-corrected chi connectivity index (χ3v) is 5.80. The molecule has 2 saturated heterocycles. The van der Waals surface area contributed by atoms with Gasteiger partial charge in [-0.05, 0) is 50.4 Å². The minimum Gasteiger partial charge on any atom is -0.368 e. The molecule has 144 valence electrons. The van der Waals surface area contributed by atoms with E-state index in [4.69, 9.17) is 14.2 Å². The largest absolute Gasteiger partial charge is 0.368 e. The first kappa shape index (κ1) is 19.3. The molecule has 2 heterocycles. The van der Waals surface area contributed by atoms with Gasteiger partial charge in [0.2, 0.25) is 0 Å². The van der Waals surface area contributed by atoms with E-state index in [0.717, 1.165) is 44.9 Å². The average Bonchev–Trinajstić information content (AvgIpc) is 3.16. The first-order chi connectivity index (χ1) is 12.2. The van der Waals surface area contributed by atoms with Crippen LogP contribution in [0.5, 0.6) is 0 Å². The summed E-state index contributed by atoms with van der Waals surface area (Å²) in [6.07, 6.45) is 9.79. The minimum atomic E-state index is -0.996. The molecule has 1 N–H and O–H groups in total. The maximum atomic E-state index is 14.7. The van der Waals surface area contributed by atoms with Crippen LogP contribution in [0.25, 0.3) is 0 Å². The summed E-state index contributed by atoms with van der Waals surface area (Å²) >= 11 is 0. The molecule has 0 radical (unpaired) electrons. The van der Waals surface area contributed by atoms with Gasteiger partial charge in [0.1, 0.15) is 12.3 Å². The Hall–Kier alpha value is -0.490. The molecule has 0 bridgehead atoms. The SMILES string of the molecule is CCCCC(F)C(/C=C/C1CCC2OC(O)CC12)OC1CCCCO1. The predicted molar refractivity (Wildman–Crippen MR) is 93.7 cm³/mol.